The number of aliphatic hydroxyl groups excluding tert-OH is 4. The van der Waals surface area contributed by atoms with Crippen LogP contribution in [-0.2, 0) is 33.3 Å². The first-order valence-corrected chi connectivity index (χ1v) is 12.4. The summed E-state index contributed by atoms with van der Waals surface area (Å²) >= 11 is 0. The van der Waals surface area contributed by atoms with Crippen LogP contribution in [0.1, 0.15) is 18.9 Å². The summed E-state index contributed by atoms with van der Waals surface area (Å²) in [5, 5.41) is 72.7. The average molecular weight is 569 g/mol. The number of phenols is 1. The minimum Gasteiger partial charge on any atom is -0.508 e. The van der Waals surface area contributed by atoms with E-state index in [-0.39, 0.29) is 5.75 Å². The van der Waals surface area contributed by atoms with Gasteiger partial charge in [0.1, 0.15) is 53.0 Å². The normalized spacial score (nSPS) is 39.2. The Bertz CT molecular complexity index is 1140. The van der Waals surface area contributed by atoms with Crippen molar-refractivity contribution >= 4 is 18.0 Å². The molecule has 3 aliphatic rings. The smallest absolute Gasteiger partial charge is 0.339 e. The molecule has 0 aromatic heterocycles. The van der Waals surface area contributed by atoms with E-state index in [0.717, 1.165) is 19.4 Å². The zero-order chi connectivity index (χ0) is 29.4. The minimum atomic E-state index is -2.22. The van der Waals surface area contributed by atoms with Crippen molar-refractivity contribution in [2.45, 2.75) is 67.6 Å². The molecule has 2 aliphatic heterocycles. The molecule has 1 aliphatic carbocycles. The van der Waals surface area contributed by atoms with Crippen molar-refractivity contribution in [2.24, 2.45) is 5.92 Å². The number of hydrogen-bond acceptors (Lipinski definition) is 14. The molecule has 14 heteroatoms. The van der Waals surface area contributed by atoms with Crippen LogP contribution in [0.2, 0.25) is 0 Å². The van der Waals surface area contributed by atoms with E-state index in [1.54, 1.807) is 12.1 Å². The lowest BCUT2D eigenvalue weighted by Gasteiger charge is -2.46. The monoisotopic (exact) mass is 568 g/mol. The molecule has 2 fully saturated rings. The number of hydrogen-bond donors (Lipinski definition) is 7. The quantitative estimate of drug-likeness (QED) is 0.140. The number of phenolic OH excluding ortho intramolecular Hbond substituents is 1. The van der Waals surface area contributed by atoms with Crippen LogP contribution in [0.5, 0.6) is 5.75 Å². The molecule has 1 saturated carbocycles. The Morgan fingerprint density at radius 3 is 2.38 bits per heavy atom. The van der Waals surface area contributed by atoms with Crippen molar-refractivity contribution in [1.29, 1.82) is 0 Å². The molecule has 4 rings (SSSR count). The highest BCUT2D eigenvalue weighted by Gasteiger charge is 2.69. The van der Waals surface area contributed by atoms with E-state index >= 15 is 0 Å². The van der Waals surface area contributed by atoms with Crippen LogP contribution in [-0.4, -0.2) is 116 Å². The van der Waals surface area contributed by atoms with E-state index < -0.39 is 90.8 Å². The second-order valence-electron chi connectivity index (χ2n) is 10.0. The van der Waals surface area contributed by atoms with Crippen LogP contribution < -0.4 is 0 Å². The molecule has 220 valence electrons. The third-order valence-corrected chi connectivity index (χ3v) is 7.44. The zero-order valence-electron chi connectivity index (χ0n) is 21.6. The Balaban J connectivity index is 1.60. The van der Waals surface area contributed by atoms with Gasteiger partial charge in [0, 0.05) is 12.5 Å². The Morgan fingerprint density at radius 1 is 1.07 bits per heavy atom. The second kappa shape index (κ2) is 11.4. The molecule has 1 aromatic rings. The number of aromatic hydroxyl groups is 1. The van der Waals surface area contributed by atoms with Crippen LogP contribution in [0.4, 0.5) is 0 Å². The fourth-order valence-corrected chi connectivity index (χ4v) is 5.24. The van der Waals surface area contributed by atoms with Crippen LogP contribution in [0.3, 0.4) is 0 Å². The molecular formula is C26H32O14. The summed E-state index contributed by atoms with van der Waals surface area (Å²) in [5.74, 6) is -3.38. The summed E-state index contributed by atoms with van der Waals surface area (Å²) in [4.78, 5) is 25.1. The van der Waals surface area contributed by atoms with Crippen molar-refractivity contribution in [2.75, 3.05) is 13.7 Å². The molecule has 0 bridgehead atoms. The van der Waals surface area contributed by atoms with E-state index in [1.165, 1.54) is 25.1 Å². The zero-order valence-corrected chi connectivity index (χ0v) is 21.6. The molecule has 7 N–H and O–H groups in total. The third kappa shape index (κ3) is 5.44. The van der Waals surface area contributed by atoms with Gasteiger partial charge in [-0.15, -0.1) is 0 Å². The van der Waals surface area contributed by atoms with Crippen LogP contribution in [0.25, 0.3) is 6.08 Å². The Hall–Kier alpha value is -3.08. The molecule has 2 heterocycles. The van der Waals surface area contributed by atoms with Gasteiger partial charge in [0.05, 0.1) is 25.9 Å². The number of esters is 2. The summed E-state index contributed by atoms with van der Waals surface area (Å²) in [7, 11) is 1.07. The first-order chi connectivity index (χ1) is 18.8. The van der Waals surface area contributed by atoms with Gasteiger partial charge in [0.15, 0.2) is 6.29 Å². The lowest BCUT2D eigenvalue weighted by Crippen LogP contribution is -2.62. The Morgan fingerprint density at radius 2 is 1.75 bits per heavy atom. The van der Waals surface area contributed by atoms with Crippen LogP contribution >= 0.6 is 0 Å². The maximum Gasteiger partial charge on any atom is 0.339 e. The van der Waals surface area contributed by atoms with Gasteiger partial charge in [-0.25, -0.2) is 9.59 Å². The first-order valence-electron chi connectivity index (χ1n) is 12.4. The molecule has 14 nitrogen and oxygen atoms in total. The summed E-state index contributed by atoms with van der Waals surface area (Å²) in [6.07, 6.45) is -8.50. The molecule has 1 aromatic carbocycles. The average Bonchev–Trinajstić information content (AvgIpc) is 3.13. The minimum absolute atomic E-state index is 0.0368. The number of methoxy groups -OCH3 is 1. The maximum atomic E-state index is 12.6. The van der Waals surface area contributed by atoms with Gasteiger partial charge in [0.2, 0.25) is 6.29 Å². The van der Waals surface area contributed by atoms with Gasteiger partial charge in [-0.2, -0.15) is 0 Å². The molecule has 40 heavy (non-hydrogen) atoms. The summed E-state index contributed by atoms with van der Waals surface area (Å²) in [6.45, 7) is 0.494. The highest BCUT2D eigenvalue weighted by molar-refractivity contribution is 5.91. The first kappa shape index (κ1) is 29.9. The van der Waals surface area contributed by atoms with Gasteiger partial charge >= 0.3 is 11.9 Å². The van der Waals surface area contributed by atoms with Gasteiger partial charge in [0.25, 0.3) is 0 Å². The van der Waals surface area contributed by atoms with Gasteiger partial charge in [-0.3, -0.25) is 0 Å². The van der Waals surface area contributed by atoms with Crippen molar-refractivity contribution in [1.82, 2.24) is 0 Å². The lowest BCUT2D eigenvalue weighted by atomic mass is 9.77. The second-order valence-corrected chi connectivity index (χ2v) is 10.0. The van der Waals surface area contributed by atoms with Crippen molar-refractivity contribution in [3.05, 3.63) is 47.7 Å². The number of rotatable bonds is 7. The van der Waals surface area contributed by atoms with E-state index in [9.17, 15) is 45.3 Å². The van der Waals surface area contributed by atoms with Gasteiger partial charge in [-0.05, 0) is 30.7 Å². The molecule has 0 radical (unpaired) electrons. The number of ether oxygens (including phenoxy) is 5. The highest BCUT2D eigenvalue weighted by Crippen LogP contribution is 2.53. The van der Waals surface area contributed by atoms with Gasteiger partial charge in [-0.1, -0.05) is 12.1 Å². The molecule has 10 atom stereocenters. The number of aliphatic hydroxyl groups is 6. The Labute approximate surface area is 228 Å². The summed E-state index contributed by atoms with van der Waals surface area (Å²) < 4.78 is 26.7. The van der Waals surface area contributed by atoms with Crippen LogP contribution in [0, 0.1) is 5.92 Å². The van der Waals surface area contributed by atoms with Crippen molar-refractivity contribution in [3.8, 4) is 5.75 Å². The summed E-state index contributed by atoms with van der Waals surface area (Å²) in [5.41, 5.74) is -4.16. The van der Waals surface area contributed by atoms with E-state index in [4.69, 9.17) is 23.7 Å². The predicted molar refractivity (Wildman–Crippen MR) is 131 cm³/mol. The number of carbonyl (C=O) groups is 2. The topological polar surface area (TPSA) is 222 Å². The largest absolute Gasteiger partial charge is 0.508 e. The molecule has 1 saturated heterocycles. The maximum absolute atomic E-state index is 12.6. The highest BCUT2D eigenvalue weighted by atomic mass is 16.8. The molecule has 0 amide bonds. The SMILES string of the molecule is COC(=O)C1=CO[C@@H](O[C@H]2O[C@H](CO)[C@@H](O)[C@H](O)[C@H]2O)[C@@H]2[C@](C)(O)[C@@H](OC(=O)C=Cc3ccc(O)cc3)C[C@@]12O. The Kier molecular flexibility index (Phi) is 8.54. The van der Waals surface area contributed by atoms with Crippen LogP contribution in [0.15, 0.2) is 42.2 Å². The fraction of sp³-hybridized carbons (Fsp3) is 0.538. The fourth-order valence-electron chi connectivity index (χ4n) is 5.24. The summed E-state index contributed by atoms with van der Waals surface area (Å²) in [6, 6.07) is 5.94. The van der Waals surface area contributed by atoms with Gasteiger partial charge < -0.3 is 59.4 Å². The van der Waals surface area contributed by atoms with E-state index in [2.05, 4.69) is 0 Å². The molecule has 0 spiro atoms. The third-order valence-electron chi connectivity index (χ3n) is 7.44. The lowest BCUT2D eigenvalue weighted by molar-refractivity contribution is -0.352. The van der Waals surface area contributed by atoms with Crippen molar-refractivity contribution in [3.63, 3.8) is 0 Å². The standard InChI is InChI=1S/C26H32O14/c1-25(34)16(39-17(29)8-5-12-3-6-13(28)7-4-12)9-26(35)14(22(33)36-2)11-37-24(21(25)26)40-23-20(32)19(31)18(30)15(10-27)38-23/h3-8,11,15-16,18-21,23-24,27-28,30-32,34-35H,9-10H2,1-2H3/t15-,16+,18-,19+,20-,21-,23-,24+,25-,26-/m1/s1. The number of benzene rings is 1. The predicted octanol–water partition coefficient (Wildman–Crippen LogP) is -1.95. The number of carbonyl (C=O) groups excluding carboxylic acids is 2. The number of fused-ring (bicyclic) bond motifs is 1. The molecular weight excluding hydrogens is 536 g/mol. The van der Waals surface area contributed by atoms with Crippen molar-refractivity contribution < 1.29 is 69.0 Å². The van der Waals surface area contributed by atoms with E-state index in [0.29, 0.717) is 5.56 Å². The van der Waals surface area contributed by atoms with E-state index in [1.807, 2.05) is 0 Å². The molecule has 0 unspecified atom stereocenters.